The van der Waals surface area contributed by atoms with Gasteiger partial charge in [0.05, 0.1) is 0 Å². The monoisotopic (exact) mass is 411 g/mol. The smallest absolute Gasteiger partial charge is 0.344 e. The standard InChI is InChI=1S/C23H19F2NO4/c1-15(23(28)26-22-18(24)11-7-12-19(22)25)30-21(27)14-29-20-13-6-5-10-17(20)16-8-3-2-4-9-16/h2-13,15H,14H2,1H3,(H,26,28). The molecule has 154 valence electrons. The van der Waals surface area contributed by atoms with Gasteiger partial charge in [-0.15, -0.1) is 0 Å². The van der Waals surface area contributed by atoms with Gasteiger partial charge >= 0.3 is 5.97 Å². The Morgan fingerprint density at radius 3 is 2.23 bits per heavy atom. The second-order valence-electron chi connectivity index (χ2n) is 6.37. The first kappa shape index (κ1) is 21.0. The largest absolute Gasteiger partial charge is 0.481 e. The van der Waals surface area contributed by atoms with Gasteiger partial charge < -0.3 is 14.8 Å². The van der Waals surface area contributed by atoms with Crippen molar-refractivity contribution in [2.24, 2.45) is 0 Å². The highest BCUT2D eigenvalue weighted by Gasteiger charge is 2.21. The molecule has 0 fully saturated rings. The summed E-state index contributed by atoms with van der Waals surface area (Å²) in [5.41, 5.74) is 1.12. The van der Waals surface area contributed by atoms with Crippen LogP contribution in [-0.4, -0.2) is 24.6 Å². The van der Waals surface area contributed by atoms with Gasteiger partial charge in [0.1, 0.15) is 23.1 Å². The van der Waals surface area contributed by atoms with E-state index < -0.39 is 41.9 Å². The van der Waals surface area contributed by atoms with E-state index in [-0.39, 0.29) is 0 Å². The third-order valence-corrected chi connectivity index (χ3v) is 4.21. The second kappa shape index (κ2) is 9.65. The SMILES string of the molecule is CC(OC(=O)COc1ccccc1-c1ccccc1)C(=O)Nc1c(F)cccc1F. The lowest BCUT2D eigenvalue weighted by Crippen LogP contribution is -2.32. The van der Waals surface area contributed by atoms with Crippen molar-refractivity contribution in [1.29, 1.82) is 0 Å². The molecule has 1 unspecified atom stereocenters. The Morgan fingerprint density at radius 2 is 1.53 bits per heavy atom. The normalized spacial score (nSPS) is 11.4. The lowest BCUT2D eigenvalue weighted by molar-refractivity contribution is -0.155. The number of carbonyl (C=O) groups excluding carboxylic acids is 2. The summed E-state index contributed by atoms with van der Waals surface area (Å²) in [6.07, 6.45) is -1.27. The van der Waals surface area contributed by atoms with Gasteiger partial charge in [-0.25, -0.2) is 13.6 Å². The Morgan fingerprint density at radius 1 is 0.900 bits per heavy atom. The van der Waals surface area contributed by atoms with Gasteiger partial charge in [-0.3, -0.25) is 4.79 Å². The van der Waals surface area contributed by atoms with Crippen LogP contribution < -0.4 is 10.1 Å². The molecule has 0 aliphatic carbocycles. The topological polar surface area (TPSA) is 64.6 Å². The number of anilines is 1. The van der Waals surface area contributed by atoms with E-state index in [2.05, 4.69) is 5.32 Å². The number of halogens is 2. The maximum Gasteiger partial charge on any atom is 0.344 e. The highest BCUT2D eigenvalue weighted by molar-refractivity contribution is 5.95. The van der Waals surface area contributed by atoms with E-state index in [1.165, 1.54) is 13.0 Å². The zero-order chi connectivity index (χ0) is 21.5. The quantitative estimate of drug-likeness (QED) is 0.578. The van der Waals surface area contributed by atoms with Gasteiger partial charge in [-0.1, -0.05) is 54.6 Å². The number of esters is 1. The van der Waals surface area contributed by atoms with Crippen LogP contribution in [0, 0.1) is 11.6 Å². The van der Waals surface area contributed by atoms with Gasteiger partial charge in [0.25, 0.3) is 5.91 Å². The molecule has 5 nitrogen and oxygen atoms in total. The molecule has 0 bridgehead atoms. The van der Waals surface area contributed by atoms with Crippen molar-refractivity contribution in [3.8, 4) is 16.9 Å². The van der Waals surface area contributed by atoms with Gasteiger partial charge in [-0.05, 0) is 30.7 Å². The average molecular weight is 411 g/mol. The summed E-state index contributed by atoms with van der Waals surface area (Å²) in [4.78, 5) is 24.2. The molecular formula is C23H19F2NO4. The molecule has 0 radical (unpaired) electrons. The number of benzene rings is 3. The van der Waals surface area contributed by atoms with Crippen LogP contribution in [0.1, 0.15) is 6.92 Å². The minimum Gasteiger partial charge on any atom is -0.481 e. The molecule has 0 saturated heterocycles. The number of hydrogen-bond acceptors (Lipinski definition) is 4. The van der Waals surface area contributed by atoms with Crippen molar-refractivity contribution in [2.45, 2.75) is 13.0 Å². The van der Waals surface area contributed by atoms with Crippen LogP contribution in [0.4, 0.5) is 14.5 Å². The summed E-state index contributed by atoms with van der Waals surface area (Å²) in [5, 5.41) is 2.08. The predicted octanol–water partition coefficient (Wildman–Crippen LogP) is 4.58. The number of para-hydroxylation sites is 2. The lowest BCUT2D eigenvalue weighted by Gasteiger charge is -2.15. The molecule has 3 aromatic carbocycles. The van der Waals surface area contributed by atoms with Crippen molar-refractivity contribution in [3.63, 3.8) is 0 Å². The zero-order valence-electron chi connectivity index (χ0n) is 16.1. The third kappa shape index (κ3) is 5.20. The lowest BCUT2D eigenvalue weighted by atomic mass is 10.1. The highest BCUT2D eigenvalue weighted by atomic mass is 19.1. The van der Waals surface area contributed by atoms with E-state index in [1.807, 2.05) is 42.5 Å². The Bertz CT molecular complexity index is 1020. The average Bonchev–Trinajstić information content (AvgIpc) is 2.75. The Hall–Kier alpha value is -3.74. The van der Waals surface area contributed by atoms with E-state index in [0.717, 1.165) is 23.3 Å². The Kier molecular flexibility index (Phi) is 6.75. The minimum atomic E-state index is -1.27. The molecule has 1 atom stereocenters. The highest BCUT2D eigenvalue weighted by Crippen LogP contribution is 2.29. The molecule has 3 rings (SSSR count). The van der Waals surface area contributed by atoms with E-state index in [4.69, 9.17) is 9.47 Å². The Balaban J connectivity index is 1.58. The summed E-state index contributed by atoms with van der Waals surface area (Å²) in [6.45, 7) is 0.861. The van der Waals surface area contributed by atoms with Crippen molar-refractivity contribution in [2.75, 3.05) is 11.9 Å². The number of nitrogens with one attached hydrogen (secondary N) is 1. The van der Waals surface area contributed by atoms with Crippen LogP contribution in [0.2, 0.25) is 0 Å². The van der Waals surface area contributed by atoms with E-state index in [0.29, 0.717) is 5.75 Å². The van der Waals surface area contributed by atoms with Crippen LogP contribution in [0.25, 0.3) is 11.1 Å². The first-order chi connectivity index (χ1) is 14.5. The molecule has 0 spiro atoms. The van der Waals surface area contributed by atoms with Gasteiger partial charge in [0, 0.05) is 5.56 Å². The van der Waals surface area contributed by atoms with Crippen LogP contribution in [0.3, 0.4) is 0 Å². The summed E-state index contributed by atoms with van der Waals surface area (Å²) in [7, 11) is 0. The predicted molar refractivity (Wildman–Crippen MR) is 108 cm³/mol. The molecule has 1 amide bonds. The third-order valence-electron chi connectivity index (χ3n) is 4.21. The van der Waals surface area contributed by atoms with E-state index >= 15 is 0 Å². The number of amides is 1. The maximum atomic E-state index is 13.6. The first-order valence-electron chi connectivity index (χ1n) is 9.17. The number of carbonyl (C=O) groups is 2. The summed E-state index contributed by atoms with van der Waals surface area (Å²) in [6, 6.07) is 19.9. The maximum absolute atomic E-state index is 13.6. The summed E-state index contributed by atoms with van der Waals surface area (Å²) < 4.78 is 37.9. The molecule has 0 aromatic heterocycles. The summed E-state index contributed by atoms with van der Waals surface area (Å²) >= 11 is 0. The van der Waals surface area contributed by atoms with Gasteiger partial charge in [0.15, 0.2) is 12.7 Å². The molecule has 0 aliphatic heterocycles. The van der Waals surface area contributed by atoms with Gasteiger partial charge in [0.2, 0.25) is 0 Å². The van der Waals surface area contributed by atoms with Crippen molar-refractivity contribution in [1.82, 2.24) is 0 Å². The van der Waals surface area contributed by atoms with Crippen molar-refractivity contribution >= 4 is 17.6 Å². The molecule has 1 N–H and O–H groups in total. The fraction of sp³-hybridized carbons (Fsp3) is 0.130. The number of ether oxygens (including phenoxy) is 2. The van der Waals surface area contributed by atoms with Crippen LogP contribution in [0.5, 0.6) is 5.75 Å². The molecule has 0 heterocycles. The Labute approximate surface area is 172 Å². The fourth-order valence-corrected chi connectivity index (χ4v) is 2.71. The minimum absolute atomic E-state index is 0.435. The first-order valence-corrected chi connectivity index (χ1v) is 9.17. The summed E-state index contributed by atoms with van der Waals surface area (Å²) in [5.74, 6) is -3.04. The fourth-order valence-electron chi connectivity index (χ4n) is 2.71. The molecule has 0 aliphatic rings. The van der Waals surface area contributed by atoms with Crippen molar-refractivity contribution in [3.05, 3.63) is 84.4 Å². The van der Waals surface area contributed by atoms with Crippen molar-refractivity contribution < 1.29 is 27.8 Å². The van der Waals surface area contributed by atoms with Crippen LogP contribution in [-0.2, 0) is 14.3 Å². The van der Waals surface area contributed by atoms with E-state index in [1.54, 1.807) is 12.1 Å². The number of rotatable bonds is 7. The van der Waals surface area contributed by atoms with E-state index in [9.17, 15) is 18.4 Å². The molecular weight excluding hydrogens is 392 g/mol. The molecule has 7 heteroatoms. The molecule has 30 heavy (non-hydrogen) atoms. The van der Waals surface area contributed by atoms with Crippen LogP contribution >= 0.6 is 0 Å². The number of hydrogen-bond donors (Lipinski definition) is 1. The zero-order valence-corrected chi connectivity index (χ0v) is 16.1. The van der Waals surface area contributed by atoms with Crippen LogP contribution in [0.15, 0.2) is 72.8 Å². The molecule has 3 aromatic rings. The van der Waals surface area contributed by atoms with Gasteiger partial charge in [-0.2, -0.15) is 0 Å². The second-order valence-corrected chi connectivity index (χ2v) is 6.37. The molecule has 0 saturated carbocycles.